The lowest BCUT2D eigenvalue weighted by Gasteiger charge is -2.31. The number of piperidine rings is 1. The summed E-state index contributed by atoms with van der Waals surface area (Å²) in [5.41, 5.74) is 1.62. The Morgan fingerprint density at radius 3 is 2.61 bits per heavy atom. The summed E-state index contributed by atoms with van der Waals surface area (Å²) in [5, 5.41) is 4.19. The Hall–Kier alpha value is -1.65. The molecule has 1 aliphatic heterocycles. The molecule has 1 aromatic rings. The van der Waals surface area contributed by atoms with E-state index in [1.807, 2.05) is 4.90 Å². The molecule has 5 nitrogen and oxygen atoms in total. The third-order valence-corrected chi connectivity index (χ3v) is 5.49. The second-order valence-electron chi connectivity index (χ2n) is 7.42. The van der Waals surface area contributed by atoms with Crippen LogP contribution in [0.25, 0.3) is 0 Å². The molecule has 1 fully saturated rings. The molecular formula is C18H26N2O3. The van der Waals surface area contributed by atoms with Crippen molar-refractivity contribution in [3.63, 3.8) is 0 Å². The smallest absolute Gasteiger partial charge is 0.219 e. The zero-order chi connectivity index (χ0) is 16.6. The minimum atomic E-state index is 0.149. The summed E-state index contributed by atoms with van der Waals surface area (Å²) in [7, 11) is 0. The number of rotatable bonds is 3. The Morgan fingerprint density at radius 1 is 1.30 bits per heavy atom. The van der Waals surface area contributed by atoms with Crippen LogP contribution in [0.15, 0.2) is 4.52 Å². The maximum atomic E-state index is 12.5. The Labute approximate surface area is 137 Å². The fraction of sp³-hybridized carbons (Fsp3) is 0.722. The Kier molecular flexibility index (Phi) is 4.55. The third kappa shape index (κ3) is 3.33. The van der Waals surface area contributed by atoms with Gasteiger partial charge in [0.2, 0.25) is 5.91 Å². The molecule has 1 saturated heterocycles. The molecule has 1 aliphatic carbocycles. The molecule has 5 heteroatoms. The van der Waals surface area contributed by atoms with Gasteiger partial charge < -0.3 is 9.42 Å². The highest BCUT2D eigenvalue weighted by atomic mass is 16.5. The lowest BCUT2D eigenvalue weighted by Crippen LogP contribution is -2.37. The van der Waals surface area contributed by atoms with Gasteiger partial charge in [-0.2, -0.15) is 0 Å². The van der Waals surface area contributed by atoms with E-state index in [1.165, 1.54) is 0 Å². The van der Waals surface area contributed by atoms with Crippen LogP contribution in [0.4, 0.5) is 0 Å². The van der Waals surface area contributed by atoms with Gasteiger partial charge in [-0.05, 0) is 37.0 Å². The molecule has 1 aromatic heterocycles. The van der Waals surface area contributed by atoms with Gasteiger partial charge in [0, 0.05) is 32.9 Å². The van der Waals surface area contributed by atoms with Gasteiger partial charge in [0.05, 0.1) is 11.3 Å². The lowest BCUT2D eigenvalue weighted by atomic mass is 9.79. The van der Waals surface area contributed by atoms with Gasteiger partial charge in [-0.25, -0.2) is 0 Å². The van der Waals surface area contributed by atoms with E-state index >= 15 is 0 Å². The first-order valence-electron chi connectivity index (χ1n) is 8.71. The van der Waals surface area contributed by atoms with Crippen molar-refractivity contribution in [1.82, 2.24) is 10.1 Å². The largest absolute Gasteiger partial charge is 0.360 e. The minimum absolute atomic E-state index is 0.149. The van der Waals surface area contributed by atoms with Crippen LogP contribution in [0.3, 0.4) is 0 Å². The number of amides is 1. The average Bonchev–Trinajstić information content (AvgIpc) is 2.91. The molecule has 0 N–H and O–H groups in total. The summed E-state index contributed by atoms with van der Waals surface area (Å²) in [6.45, 7) is 7.55. The van der Waals surface area contributed by atoms with E-state index in [0.717, 1.165) is 55.8 Å². The summed E-state index contributed by atoms with van der Waals surface area (Å²) < 4.78 is 5.54. The number of hydrogen-bond acceptors (Lipinski definition) is 4. The molecule has 126 valence electrons. The second kappa shape index (κ2) is 6.46. The standard InChI is InChI=1S/C18H26N2O3/c1-11(2)14-9-15-18(16(22)10-14)17(23-19-15)8-13-4-6-20(7-5-13)12(3)21/h11,13-14H,4-10H2,1-3H3. The number of hydrogen-bond donors (Lipinski definition) is 0. The van der Waals surface area contributed by atoms with Crippen molar-refractivity contribution >= 4 is 11.7 Å². The zero-order valence-corrected chi connectivity index (χ0v) is 14.3. The predicted octanol–water partition coefficient (Wildman–Crippen LogP) is 2.88. The van der Waals surface area contributed by atoms with E-state index < -0.39 is 0 Å². The van der Waals surface area contributed by atoms with Crippen LogP contribution >= 0.6 is 0 Å². The molecule has 3 rings (SSSR count). The Morgan fingerprint density at radius 2 is 2.00 bits per heavy atom. The van der Waals surface area contributed by atoms with Crippen LogP contribution in [0.5, 0.6) is 0 Å². The number of nitrogens with zero attached hydrogens (tertiary/aromatic N) is 2. The number of carbonyl (C=O) groups is 2. The van der Waals surface area contributed by atoms with Gasteiger partial charge in [0.25, 0.3) is 0 Å². The maximum Gasteiger partial charge on any atom is 0.219 e. The van der Waals surface area contributed by atoms with E-state index in [0.29, 0.717) is 24.2 Å². The molecule has 0 radical (unpaired) electrons. The SMILES string of the molecule is CC(=O)N1CCC(Cc2onc3c2C(=O)CC(C(C)C)C3)CC1. The molecule has 0 saturated carbocycles. The van der Waals surface area contributed by atoms with E-state index in [4.69, 9.17) is 4.52 Å². The van der Waals surface area contributed by atoms with E-state index in [1.54, 1.807) is 6.92 Å². The molecule has 0 aromatic carbocycles. The van der Waals surface area contributed by atoms with E-state index in [2.05, 4.69) is 19.0 Å². The Bertz CT molecular complexity index is 597. The normalized spacial score (nSPS) is 22.5. The van der Waals surface area contributed by atoms with Crippen LogP contribution in [-0.4, -0.2) is 34.8 Å². The van der Waals surface area contributed by atoms with Crippen LogP contribution < -0.4 is 0 Å². The average molecular weight is 318 g/mol. The molecule has 23 heavy (non-hydrogen) atoms. The van der Waals surface area contributed by atoms with Gasteiger partial charge >= 0.3 is 0 Å². The zero-order valence-electron chi connectivity index (χ0n) is 14.3. The van der Waals surface area contributed by atoms with Crippen LogP contribution in [0.2, 0.25) is 0 Å². The fourth-order valence-corrected chi connectivity index (χ4v) is 3.80. The van der Waals surface area contributed by atoms with Gasteiger partial charge in [0.1, 0.15) is 5.76 Å². The van der Waals surface area contributed by atoms with Crippen molar-refractivity contribution < 1.29 is 14.1 Å². The predicted molar refractivity (Wildman–Crippen MR) is 86.2 cm³/mol. The van der Waals surface area contributed by atoms with Crippen LogP contribution in [0, 0.1) is 17.8 Å². The number of fused-ring (bicyclic) bond motifs is 1. The number of Topliss-reactive ketones (excluding diaryl/α,β-unsaturated/α-hetero) is 1. The summed E-state index contributed by atoms with van der Waals surface area (Å²) in [4.78, 5) is 25.8. The third-order valence-electron chi connectivity index (χ3n) is 5.49. The first kappa shape index (κ1) is 16.2. The highest BCUT2D eigenvalue weighted by molar-refractivity contribution is 5.99. The van der Waals surface area contributed by atoms with Gasteiger partial charge in [-0.1, -0.05) is 19.0 Å². The first-order chi connectivity index (χ1) is 11.0. The lowest BCUT2D eigenvalue weighted by molar-refractivity contribution is -0.130. The molecule has 1 atom stereocenters. The summed E-state index contributed by atoms with van der Waals surface area (Å²) >= 11 is 0. The first-order valence-corrected chi connectivity index (χ1v) is 8.71. The number of likely N-dealkylation sites (tertiary alicyclic amines) is 1. The molecule has 2 aliphatic rings. The van der Waals surface area contributed by atoms with Crippen LogP contribution in [0.1, 0.15) is 61.8 Å². The van der Waals surface area contributed by atoms with E-state index in [-0.39, 0.29) is 11.7 Å². The summed E-state index contributed by atoms with van der Waals surface area (Å²) in [5.74, 6) is 2.46. The molecule has 0 spiro atoms. The Balaban J connectivity index is 1.67. The van der Waals surface area contributed by atoms with Crippen molar-refractivity contribution in [3.05, 3.63) is 17.0 Å². The highest BCUT2D eigenvalue weighted by Crippen LogP contribution is 2.33. The topological polar surface area (TPSA) is 63.4 Å². The number of ketones is 1. The monoisotopic (exact) mass is 318 g/mol. The van der Waals surface area contributed by atoms with Gasteiger partial charge in [0.15, 0.2) is 5.78 Å². The van der Waals surface area contributed by atoms with Crippen molar-refractivity contribution in [2.75, 3.05) is 13.1 Å². The van der Waals surface area contributed by atoms with Crippen molar-refractivity contribution in [2.45, 2.75) is 52.9 Å². The summed E-state index contributed by atoms with van der Waals surface area (Å²) in [6.07, 6.45) is 4.18. The molecule has 2 heterocycles. The molecular weight excluding hydrogens is 292 g/mol. The number of aromatic nitrogens is 1. The van der Waals surface area contributed by atoms with Crippen molar-refractivity contribution in [3.8, 4) is 0 Å². The molecule has 1 amide bonds. The quantitative estimate of drug-likeness (QED) is 0.859. The minimum Gasteiger partial charge on any atom is -0.360 e. The van der Waals surface area contributed by atoms with E-state index in [9.17, 15) is 9.59 Å². The second-order valence-corrected chi connectivity index (χ2v) is 7.42. The van der Waals surface area contributed by atoms with Crippen molar-refractivity contribution in [2.24, 2.45) is 17.8 Å². The molecule has 0 bridgehead atoms. The molecule has 1 unspecified atom stereocenters. The van der Waals surface area contributed by atoms with Crippen molar-refractivity contribution in [1.29, 1.82) is 0 Å². The van der Waals surface area contributed by atoms with Gasteiger partial charge in [-0.3, -0.25) is 9.59 Å². The maximum absolute atomic E-state index is 12.5. The van der Waals surface area contributed by atoms with Gasteiger partial charge in [-0.15, -0.1) is 0 Å². The summed E-state index contributed by atoms with van der Waals surface area (Å²) in [6, 6.07) is 0. The number of carbonyl (C=O) groups excluding carboxylic acids is 2. The van der Waals surface area contributed by atoms with Crippen LogP contribution in [-0.2, 0) is 17.6 Å². The highest BCUT2D eigenvalue weighted by Gasteiger charge is 2.34. The fourth-order valence-electron chi connectivity index (χ4n) is 3.80.